The number of fused-ring (bicyclic) bond motifs is 14. The summed E-state index contributed by atoms with van der Waals surface area (Å²) in [5.41, 5.74) is 19.3. The van der Waals surface area contributed by atoms with E-state index in [1.165, 1.54) is 0 Å². The van der Waals surface area contributed by atoms with Crippen LogP contribution in [0, 0.1) is 13.8 Å². The molecule has 6 heteroatoms. The van der Waals surface area contributed by atoms with Crippen molar-refractivity contribution in [3.05, 3.63) is 266 Å². The van der Waals surface area contributed by atoms with E-state index in [-0.39, 0.29) is 0 Å². The summed E-state index contributed by atoms with van der Waals surface area (Å²) in [4.78, 5) is 4.60. The maximum absolute atomic E-state index is 7.02. The molecule has 0 fully saturated rings. The Bertz CT molecular complexity index is 5080. The van der Waals surface area contributed by atoms with Crippen LogP contribution < -0.4 is 9.80 Å². The molecular formula is C76H48N2O4. The van der Waals surface area contributed by atoms with Crippen LogP contribution in [-0.2, 0) is 0 Å². The lowest BCUT2D eigenvalue weighted by atomic mass is 9.97. The second-order valence-corrected chi connectivity index (χ2v) is 21.6. The highest BCUT2D eigenvalue weighted by Crippen LogP contribution is 2.49. The summed E-state index contributed by atoms with van der Waals surface area (Å²) in [7, 11) is 0. The van der Waals surface area contributed by atoms with Gasteiger partial charge in [-0.2, -0.15) is 0 Å². The second kappa shape index (κ2) is 17.8. The van der Waals surface area contributed by atoms with Crippen LogP contribution in [0.25, 0.3) is 132 Å². The maximum Gasteiger partial charge on any atom is 0.159 e. The number of anilines is 6. The van der Waals surface area contributed by atoms with Crippen LogP contribution in [0.1, 0.15) is 11.1 Å². The van der Waals surface area contributed by atoms with E-state index in [2.05, 4.69) is 266 Å². The van der Waals surface area contributed by atoms with Crippen LogP contribution in [0.4, 0.5) is 34.1 Å². The Morgan fingerprint density at radius 1 is 0.256 bits per heavy atom. The largest absolute Gasteiger partial charge is 0.456 e. The summed E-state index contributed by atoms with van der Waals surface area (Å²) < 4.78 is 28.0. The molecule has 0 radical (unpaired) electrons. The lowest BCUT2D eigenvalue weighted by Crippen LogP contribution is -2.10. The van der Waals surface area contributed by atoms with Gasteiger partial charge in [0.25, 0.3) is 0 Å². The monoisotopic (exact) mass is 1050 g/mol. The third kappa shape index (κ3) is 6.95. The second-order valence-electron chi connectivity index (χ2n) is 21.6. The summed E-state index contributed by atoms with van der Waals surface area (Å²) in [5, 5.41) is 12.9. The summed E-state index contributed by atoms with van der Waals surface area (Å²) >= 11 is 0. The smallest absolute Gasteiger partial charge is 0.159 e. The predicted molar refractivity (Wildman–Crippen MR) is 340 cm³/mol. The van der Waals surface area contributed by atoms with Gasteiger partial charge in [-0.25, -0.2) is 0 Å². The van der Waals surface area contributed by atoms with Crippen molar-refractivity contribution in [3.8, 4) is 22.3 Å². The molecular weight excluding hydrogens is 1000 g/mol. The number of aryl methyl sites for hydroxylation is 2. The minimum Gasteiger partial charge on any atom is -0.456 e. The highest BCUT2D eigenvalue weighted by atomic mass is 16.3. The Balaban J connectivity index is 0.777. The van der Waals surface area contributed by atoms with E-state index in [1.807, 2.05) is 12.1 Å². The van der Waals surface area contributed by atoms with Crippen molar-refractivity contribution >= 4 is 143 Å². The SMILES string of the molecule is Cc1c2oc3cc4cc(N(c5ccccc5)c5cccc6c5oc5c(-c7ccccc7)cccc56)ccc4cc3c2c(C)c2oc3cc4cc(N(c5ccccc5)c5cccc6c5oc5c(-c7ccccc7)cccc56)ccc4cc3c12. The topological polar surface area (TPSA) is 59.0 Å². The van der Waals surface area contributed by atoms with Crippen LogP contribution in [0.3, 0.4) is 0 Å². The van der Waals surface area contributed by atoms with E-state index in [0.717, 1.165) is 177 Å². The summed E-state index contributed by atoms with van der Waals surface area (Å²) in [6, 6.07) is 90.1. The zero-order chi connectivity index (χ0) is 54.2. The molecule has 0 atom stereocenters. The molecule has 4 aromatic heterocycles. The molecule has 82 heavy (non-hydrogen) atoms. The number of hydrogen-bond acceptors (Lipinski definition) is 6. The maximum atomic E-state index is 7.02. The molecule has 386 valence electrons. The van der Waals surface area contributed by atoms with Gasteiger partial charge in [-0.15, -0.1) is 0 Å². The first-order valence-electron chi connectivity index (χ1n) is 27.9. The lowest BCUT2D eigenvalue weighted by molar-refractivity contribution is 0.660. The highest BCUT2D eigenvalue weighted by Gasteiger charge is 2.26. The number of rotatable bonds is 8. The van der Waals surface area contributed by atoms with Gasteiger partial charge < -0.3 is 27.5 Å². The molecule has 0 unspecified atom stereocenters. The van der Waals surface area contributed by atoms with E-state index < -0.39 is 0 Å². The molecule has 0 N–H and O–H groups in total. The van der Waals surface area contributed by atoms with E-state index in [4.69, 9.17) is 17.7 Å². The van der Waals surface area contributed by atoms with Gasteiger partial charge in [0.05, 0.1) is 11.4 Å². The zero-order valence-corrected chi connectivity index (χ0v) is 44.8. The molecule has 0 aliphatic rings. The van der Waals surface area contributed by atoms with Crippen molar-refractivity contribution in [2.45, 2.75) is 13.8 Å². The highest BCUT2D eigenvalue weighted by molar-refractivity contribution is 6.22. The number of nitrogens with zero attached hydrogens (tertiary/aromatic N) is 2. The molecule has 17 aromatic rings. The lowest BCUT2D eigenvalue weighted by Gasteiger charge is -2.25. The molecule has 0 aliphatic carbocycles. The molecule has 17 rings (SSSR count). The van der Waals surface area contributed by atoms with Gasteiger partial charge in [-0.05, 0) is 131 Å². The predicted octanol–water partition coefficient (Wildman–Crippen LogP) is 22.5. The fourth-order valence-electron chi connectivity index (χ4n) is 13.1. The van der Waals surface area contributed by atoms with Crippen LogP contribution in [-0.4, -0.2) is 0 Å². The van der Waals surface area contributed by atoms with E-state index in [9.17, 15) is 0 Å². The van der Waals surface area contributed by atoms with Crippen molar-refractivity contribution in [1.29, 1.82) is 0 Å². The quantitative estimate of drug-likeness (QED) is 0.151. The van der Waals surface area contributed by atoms with Crippen LogP contribution in [0.5, 0.6) is 0 Å². The van der Waals surface area contributed by atoms with E-state index >= 15 is 0 Å². The van der Waals surface area contributed by atoms with Crippen molar-refractivity contribution < 1.29 is 17.7 Å². The Morgan fingerprint density at radius 3 is 1.05 bits per heavy atom. The number of benzene rings is 13. The third-order valence-electron chi connectivity index (χ3n) is 16.9. The minimum absolute atomic E-state index is 0.831. The summed E-state index contributed by atoms with van der Waals surface area (Å²) in [6.45, 7) is 4.34. The molecule has 0 aliphatic heterocycles. The number of furan rings is 4. The van der Waals surface area contributed by atoms with Crippen molar-refractivity contribution in [3.63, 3.8) is 0 Å². The first-order valence-corrected chi connectivity index (χ1v) is 27.9. The first kappa shape index (κ1) is 46.1. The van der Waals surface area contributed by atoms with Gasteiger partial charge in [0.1, 0.15) is 33.5 Å². The van der Waals surface area contributed by atoms with Crippen LogP contribution in [0.2, 0.25) is 0 Å². The number of para-hydroxylation sites is 6. The molecule has 0 saturated heterocycles. The zero-order valence-electron chi connectivity index (χ0n) is 44.8. The molecule has 0 bridgehead atoms. The van der Waals surface area contributed by atoms with E-state index in [0.29, 0.717) is 0 Å². The average Bonchev–Trinajstić information content (AvgIpc) is 3.68. The molecule has 6 nitrogen and oxygen atoms in total. The minimum atomic E-state index is 0.831. The fourth-order valence-corrected chi connectivity index (χ4v) is 13.1. The normalized spacial score (nSPS) is 12.0. The van der Waals surface area contributed by atoms with Crippen LogP contribution in [0.15, 0.2) is 272 Å². The Morgan fingerprint density at radius 2 is 0.634 bits per heavy atom. The summed E-state index contributed by atoms with van der Waals surface area (Å²) in [6.07, 6.45) is 0. The average molecular weight is 1050 g/mol. The van der Waals surface area contributed by atoms with Gasteiger partial charge in [0, 0.05) is 88.1 Å². The first-order chi connectivity index (χ1) is 40.5. The number of hydrogen-bond donors (Lipinski definition) is 0. The van der Waals surface area contributed by atoms with Gasteiger partial charge in [0.2, 0.25) is 0 Å². The van der Waals surface area contributed by atoms with Gasteiger partial charge in [-0.1, -0.05) is 170 Å². The molecule has 4 heterocycles. The molecule has 0 saturated carbocycles. The van der Waals surface area contributed by atoms with Crippen molar-refractivity contribution in [2.75, 3.05) is 9.80 Å². The molecule has 13 aromatic carbocycles. The van der Waals surface area contributed by atoms with E-state index in [1.54, 1.807) is 0 Å². The Labute approximate surface area is 470 Å². The fraction of sp³-hybridized carbons (Fsp3) is 0.0263. The van der Waals surface area contributed by atoms with Gasteiger partial charge in [0.15, 0.2) is 11.2 Å². The van der Waals surface area contributed by atoms with Crippen molar-refractivity contribution in [1.82, 2.24) is 0 Å². The van der Waals surface area contributed by atoms with Gasteiger partial charge >= 0.3 is 0 Å². The Hall–Kier alpha value is -10.8. The Kier molecular flexibility index (Phi) is 10.0. The molecule has 0 spiro atoms. The van der Waals surface area contributed by atoms with Gasteiger partial charge in [-0.3, -0.25) is 0 Å². The van der Waals surface area contributed by atoms with Crippen LogP contribution >= 0.6 is 0 Å². The third-order valence-corrected chi connectivity index (χ3v) is 16.9. The standard InChI is InChI=1S/C76H48N2O4/c1-45-69-63-41-49-35-37-55(77(53-23-11-5-12-24-53)65-33-17-31-61-59-29-15-27-57(73(59)81-75(61)65)47-19-7-3-8-20-47)39-51(49)43-67(63)80-72(69)46(2)70-64-42-50-36-38-56(40-52(50)44-68(64)79-71(45)70)78(54-25-13-6-14-26-54)66-34-18-32-62-60-30-16-28-58(74(60)82-76(62)66)48-21-9-4-10-22-48/h3-44H,1-2H3. The summed E-state index contributed by atoms with van der Waals surface area (Å²) in [5.74, 6) is 0. The van der Waals surface area contributed by atoms with Crippen molar-refractivity contribution in [2.24, 2.45) is 0 Å². The molecule has 0 amide bonds.